The van der Waals surface area contributed by atoms with E-state index in [0.29, 0.717) is 25.2 Å². The minimum atomic E-state index is -0.851. The van der Waals surface area contributed by atoms with Crippen molar-refractivity contribution in [1.82, 2.24) is 4.90 Å². The van der Waals surface area contributed by atoms with E-state index in [2.05, 4.69) is 31.7 Å². The van der Waals surface area contributed by atoms with Crippen molar-refractivity contribution in [3.63, 3.8) is 0 Å². The van der Waals surface area contributed by atoms with Gasteiger partial charge in [-0.1, -0.05) is 20.8 Å². The van der Waals surface area contributed by atoms with Crippen molar-refractivity contribution in [2.45, 2.75) is 33.7 Å². The van der Waals surface area contributed by atoms with Crippen molar-refractivity contribution in [3.8, 4) is 6.07 Å². The van der Waals surface area contributed by atoms with E-state index in [9.17, 15) is 9.90 Å². The molecule has 2 rings (SSSR count). The second-order valence-corrected chi connectivity index (χ2v) is 6.92. The summed E-state index contributed by atoms with van der Waals surface area (Å²) in [5.41, 5.74) is 2.66. The van der Waals surface area contributed by atoms with E-state index in [1.54, 1.807) is 4.90 Å². The van der Waals surface area contributed by atoms with E-state index in [1.165, 1.54) is 0 Å². The summed E-state index contributed by atoms with van der Waals surface area (Å²) in [5.74, 6) is 0. The number of anilines is 1. The molecule has 1 saturated heterocycles. The van der Waals surface area contributed by atoms with Crippen LogP contribution in [0.1, 0.15) is 31.9 Å². The first-order valence-electron chi connectivity index (χ1n) is 7.49. The Bertz CT molecular complexity index is 613. The Morgan fingerprint density at radius 1 is 1.36 bits per heavy atom. The number of piperazine rings is 1. The quantitative estimate of drug-likeness (QED) is 0.865. The molecule has 0 spiro atoms. The van der Waals surface area contributed by atoms with Crippen LogP contribution < -0.4 is 4.90 Å². The molecular weight excluding hydrogens is 278 g/mol. The van der Waals surface area contributed by atoms with Gasteiger partial charge in [0.05, 0.1) is 17.7 Å². The summed E-state index contributed by atoms with van der Waals surface area (Å²) in [6, 6.07) is 7.75. The maximum Gasteiger partial charge on any atom is 0.407 e. The van der Waals surface area contributed by atoms with Gasteiger partial charge in [0.1, 0.15) is 0 Å². The SMILES string of the molecule is Cc1cc(C#N)ccc1N1CCN(C(=O)O)C(C(C)(C)C)C1. The Hall–Kier alpha value is -2.22. The topological polar surface area (TPSA) is 67.6 Å². The van der Waals surface area contributed by atoms with Gasteiger partial charge in [0, 0.05) is 25.3 Å². The number of nitrogens with zero attached hydrogens (tertiary/aromatic N) is 3. The molecule has 1 atom stereocenters. The fourth-order valence-electron chi connectivity index (χ4n) is 3.05. The van der Waals surface area contributed by atoms with Gasteiger partial charge >= 0.3 is 6.09 Å². The lowest BCUT2D eigenvalue weighted by atomic mass is 9.84. The third-order valence-corrected chi connectivity index (χ3v) is 4.29. The molecule has 1 aromatic rings. The highest BCUT2D eigenvalue weighted by molar-refractivity contribution is 5.67. The molecule has 1 aliphatic rings. The smallest absolute Gasteiger partial charge is 0.407 e. The Morgan fingerprint density at radius 3 is 2.55 bits per heavy atom. The van der Waals surface area contributed by atoms with E-state index in [-0.39, 0.29) is 11.5 Å². The lowest BCUT2D eigenvalue weighted by Gasteiger charge is -2.47. The minimum absolute atomic E-state index is 0.0613. The number of carboxylic acid groups (broad SMARTS) is 1. The first-order chi connectivity index (χ1) is 10.2. The lowest BCUT2D eigenvalue weighted by Crippen LogP contribution is -2.59. The van der Waals surface area contributed by atoms with Crippen LogP contribution in [0.5, 0.6) is 0 Å². The van der Waals surface area contributed by atoms with Crippen LogP contribution in [0.4, 0.5) is 10.5 Å². The van der Waals surface area contributed by atoms with Gasteiger partial charge in [-0.3, -0.25) is 0 Å². The Labute approximate surface area is 131 Å². The average Bonchev–Trinajstić information content (AvgIpc) is 2.45. The molecule has 0 saturated carbocycles. The van der Waals surface area contributed by atoms with Crippen molar-refractivity contribution in [2.24, 2.45) is 5.41 Å². The van der Waals surface area contributed by atoms with Gasteiger partial charge in [0.25, 0.3) is 0 Å². The molecule has 118 valence electrons. The maximum absolute atomic E-state index is 11.5. The molecule has 1 unspecified atom stereocenters. The number of carbonyl (C=O) groups is 1. The standard InChI is InChI=1S/C17H23N3O2/c1-12-9-13(10-18)5-6-14(12)19-7-8-20(16(21)22)15(11-19)17(2,3)4/h5-6,9,15H,7-8,11H2,1-4H3,(H,21,22). The number of hydrogen-bond donors (Lipinski definition) is 1. The Morgan fingerprint density at radius 2 is 2.05 bits per heavy atom. The van der Waals surface area contributed by atoms with Crippen molar-refractivity contribution in [1.29, 1.82) is 5.26 Å². The molecular formula is C17H23N3O2. The van der Waals surface area contributed by atoms with Gasteiger partial charge in [-0.05, 0) is 36.1 Å². The van der Waals surface area contributed by atoms with Crippen LogP contribution in [0.3, 0.4) is 0 Å². The van der Waals surface area contributed by atoms with Crippen LogP contribution in [-0.2, 0) is 0 Å². The van der Waals surface area contributed by atoms with Crippen molar-refractivity contribution in [2.75, 3.05) is 24.5 Å². The number of hydrogen-bond acceptors (Lipinski definition) is 3. The fraction of sp³-hybridized carbons (Fsp3) is 0.529. The van der Waals surface area contributed by atoms with Crippen molar-refractivity contribution in [3.05, 3.63) is 29.3 Å². The third kappa shape index (κ3) is 3.16. The summed E-state index contributed by atoms with van der Waals surface area (Å²) >= 11 is 0. The third-order valence-electron chi connectivity index (χ3n) is 4.29. The zero-order valence-corrected chi connectivity index (χ0v) is 13.6. The fourth-order valence-corrected chi connectivity index (χ4v) is 3.05. The monoisotopic (exact) mass is 301 g/mol. The number of nitriles is 1. The van der Waals surface area contributed by atoms with Gasteiger partial charge in [-0.25, -0.2) is 4.79 Å². The summed E-state index contributed by atoms with van der Waals surface area (Å²) in [4.78, 5) is 15.3. The molecule has 22 heavy (non-hydrogen) atoms. The highest BCUT2D eigenvalue weighted by atomic mass is 16.4. The second-order valence-electron chi connectivity index (χ2n) is 6.92. The number of benzene rings is 1. The molecule has 1 aliphatic heterocycles. The summed E-state index contributed by atoms with van der Waals surface area (Å²) in [6.07, 6.45) is -0.851. The minimum Gasteiger partial charge on any atom is -0.465 e. The number of rotatable bonds is 1. The van der Waals surface area contributed by atoms with E-state index in [1.807, 2.05) is 25.1 Å². The van der Waals surface area contributed by atoms with Crippen LogP contribution in [0, 0.1) is 23.7 Å². The normalized spacial score (nSPS) is 19.0. The van der Waals surface area contributed by atoms with Gasteiger partial charge in [0.2, 0.25) is 0 Å². The molecule has 0 aliphatic carbocycles. The molecule has 0 bridgehead atoms. The summed E-state index contributed by atoms with van der Waals surface area (Å²) in [5, 5.41) is 18.4. The zero-order valence-electron chi connectivity index (χ0n) is 13.6. The summed E-state index contributed by atoms with van der Waals surface area (Å²) < 4.78 is 0. The molecule has 5 nitrogen and oxygen atoms in total. The molecule has 1 aromatic carbocycles. The first-order valence-corrected chi connectivity index (χ1v) is 7.49. The highest BCUT2D eigenvalue weighted by Gasteiger charge is 2.38. The molecule has 1 N–H and O–H groups in total. The van der Waals surface area contributed by atoms with Crippen LogP contribution in [0.15, 0.2) is 18.2 Å². The number of aryl methyl sites for hydroxylation is 1. The van der Waals surface area contributed by atoms with Crippen LogP contribution in [0.2, 0.25) is 0 Å². The van der Waals surface area contributed by atoms with Gasteiger partial charge in [0.15, 0.2) is 0 Å². The molecule has 0 aromatic heterocycles. The van der Waals surface area contributed by atoms with E-state index < -0.39 is 6.09 Å². The molecule has 1 heterocycles. The highest BCUT2D eigenvalue weighted by Crippen LogP contribution is 2.31. The average molecular weight is 301 g/mol. The number of amides is 1. The van der Waals surface area contributed by atoms with E-state index in [0.717, 1.165) is 11.3 Å². The van der Waals surface area contributed by atoms with Crippen LogP contribution in [-0.4, -0.2) is 41.8 Å². The zero-order chi connectivity index (χ0) is 16.5. The summed E-state index contributed by atoms with van der Waals surface area (Å²) in [7, 11) is 0. The van der Waals surface area contributed by atoms with Gasteiger partial charge in [-0.15, -0.1) is 0 Å². The van der Waals surface area contributed by atoms with Crippen LogP contribution >= 0.6 is 0 Å². The van der Waals surface area contributed by atoms with Crippen molar-refractivity contribution >= 4 is 11.8 Å². The maximum atomic E-state index is 11.5. The van der Waals surface area contributed by atoms with Gasteiger partial charge in [-0.2, -0.15) is 5.26 Å². The molecule has 0 radical (unpaired) electrons. The van der Waals surface area contributed by atoms with Crippen LogP contribution in [0.25, 0.3) is 0 Å². The van der Waals surface area contributed by atoms with Gasteiger partial charge < -0.3 is 14.9 Å². The predicted molar refractivity (Wildman–Crippen MR) is 86.1 cm³/mol. The lowest BCUT2D eigenvalue weighted by molar-refractivity contribution is 0.0748. The molecule has 1 fully saturated rings. The first kappa shape index (κ1) is 16.2. The second kappa shape index (κ2) is 5.88. The largest absolute Gasteiger partial charge is 0.465 e. The molecule has 5 heteroatoms. The van der Waals surface area contributed by atoms with Crippen molar-refractivity contribution < 1.29 is 9.90 Å². The van der Waals surface area contributed by atoms with E-state index in [4.69, 9.17) is 5.26 Å². The summed E-state index contributed by atoms with van der Waals surface area (Å²) in [6.45, 7) is 10.0. The Kier molecular flexibility index (Phi) is 4.32. The predicted octanol–water partition coefficient (Wildman–Crippen LogP) is 3.08. The molecule has 1 amide bonds. The Balaban J connectivity index is 2.28. The van der Waals surface area contributed by atoms with E-state index >= 15 is 0 Å².